The third-order valence-corrected chi connectivity index (χ3v) is 8.74. The molecule has 0 bridgehead atoms. The second-order valence-electron chi connectivity index (χ2n) is 12.1. The van der Waals surface area contributed by atoms with Crippen LogP contribution in [-0.4, -0.2) is 24.2 Å². The first-order valence-electron chi connectivity index (χ1n) is 16.5. The van der Waals surface area contributed by atoms with Crippen LogP contribution in [0.2, 0.25) is 0 Å². The van der Waals surface area contributed by atoms with Gasteiger partial charge in [0.25, 0.3) is 0 Å². The van der Waals surface area contributed by atoms with Crippen molar-refractivity contribution in [2.75, 3.05) is 24.0 Å². The lowest BCUT2D eigenvalue weighted by Gasteiger charge is -2.25. The van der Waals surface area contributed by atoms with E-state index in [0.29, 0.717) is 5.75 Å². The lowest BCUT2D eigenvalue weighted by atomic mass is 9.99. The Balaban J connectivity index is 1.13. The van der Waals surface area contributed by atoms with Crippen molar-refractivity contribution >= 4 is 34.4 Å². The van der Waals surface area contributed by atoms with Gasteiger partial charge < -0.3 is 9.47 Å². The molecule has 0 saturated heterocycles. The predicted octanol–water partition coefficient (Wildman–Crippen LogP) is 11.4. The minimum Gasteiger partial charge on any atom is -0.497 e. The van der Waals surface area contributed by atoms with Gasteiger partial charge >= 0.3 is 0 Å². The monoisotopic (exact) mass is 654 g/mol. The second kappa shape index (κ2) is 14.4. The molecule has 0 unspecified atom stereocenters. The summed E-state index contributed by atoms with van der Waals surface area (Å²) in [5.41, 5.74) is 11.0. The molecule has 0 atom stereocenters. The van der Waals surface area contributed by atoms with Gasteiger partial charge in [-0.25, -0.2) is 9.97 Å². The van der Waals surface area contributed by atoms with Crippen LogP contribution in [0.5, 0.6) is 11.5 Å². The first kappa shape index (κ1) is 32.2. The number of pyridine rings is 2. The Labute approximate surface area is 293 Å². The molecule has 0 N–H and O–H groups in total. The third kappa shape index (κ3) is 6.91. The van der Waals surface area contributed by atoms with Crippen LogP contribution >= 0.6 is 0 Å². The summed E-state index contributed by atoms with van der Waals surface area (Å²) in [4.78, 5) is 13.7. The molecule has 0 aliphatic heterocycles. The standard InChI is InChI=1S/C44H38N4O2/c1-31-5-16-37(17-6-31)47(43-27-7-32(2)29-45-43)38-18-12-35(13-19-38)33-8-10-34(11-9-33)36-14-20-39(21-15-36)48(40-22-24-41(49-3)25-23-40)44-28-26-42(50-4)30-46-44/h5-30H,1-4H3. The Morgan fingerprint density at radius 1 is 0.360 bits per heavy atom. The summed E-state index contributed by atoms with van der Waals surface area (Å²) in [6, 6.07) is 50.5. The number of ether oxygens (including phenoxy) is 2. The van der Waals surface area contributed by atoms with E-state index in [9.17, 15) is 0 Å². The number of aryl methyl sites for hydroxylation is 2. The largest absolute Gasteiger partial charge is 0.497 e. The van der Waals surface area contributed by atoms with Gasteiger partial charge in [0.05, 0.1) is 20.4 Å². The summed E-state index contributed by atoms with van der Waals surface area (Å²) in [5.74, 6) is 3.18. The van der Waals surface area contributed by atoms with Gasteiger partial charge in [-0.3, -0.25) is 9.80 Å². The average molecular weight is 655 g/mol. The van der Waals surface area contributed by atoms with Crippen molar-refractivity contribution in [3.05, 3.63) is 169 Å². The Hall–Kier alpha value is -6.40. The summed E-state index contributed by atoms with van der Waals surface area (Å²) in [6.07, 6.45) is 3.64. The fraction of sp³-hybridized carbons (Fsp3) is 0.0909. The molecule has 7 aromatic rings. The molecule has 0 aliphatic rings. The van der Waals surface area contributed by atoms with Gasteiger partial charge in [0.2, 0.25) is 0 Å². The Kier molecular flexibility index (Phi) is 9.25. The highest BCUT2D eigenvalue weighted by Crippen LogP contribution is 2.37. The van der Waals surface area contributed by atoms with Crippen LogP contribution in [0.15, 0.2) is 158 Å². The van der Waals surface area contributed by atoms with Crippen molar-refractivity contribution in [3.63, 3.8) is 0 Å². The van der Waals surface area contributed by atoms with Crippen LogP contribution in [0.25, 0.3) is 22.3 Å². The first-order chi connectivity index (χ1) is 24.5. The summed E-state index contributed by atoms with van der Waals surface area (Å²) in [6.45, 7) is 4.16. The number of nitrogens with zero attached hydrogens (tertiary/aromatic N) is 4. The first-order valence-corrected chi connectivity index (χ1v) is 16.5. The SMILES string of the molecule is COc1ccc(N(c2ccc(-c3ccc(-c4ccc(N(c5ccc(C)cc5)c5ccc(C)cn5)cc4)cc3)cc2)c2ccc(OC)cn2)cc1. The van der Waals surface area contributed by atoms with Gasteiger partial charge in [-0.15, -0.1) is 0 Å². The number of benzene rings is 5. The van der Waals surface area contributed by atoms with Crippen molar-refractivity contribution < 1.29 is 9.47 Å². The number of hydrogen-bond donors (Lipinski definition) is 0. The maximum absolute atomic E-state index is 5.39. The van der Waals surface area contributed by atoms with E-state index in [0.717, 1.165) is 68.0 Å². The molecular formula is C44H38N4O2. The minimum atomic E-state index is 0.710. The Morgan fingerprint density at radius 2 is 0.700 bits per heavy atom. The highest BCUT2D eigenvalue weighted by Gasteiger charge is 2.16. The van der Waals surface area contributed by atoms with E-state index >= 15 is 0 Å². The highest BCUT2D eigenvalue weighted by atomic mass is 16.5. The van der Waals surface area contributed by atoms with Crippen LogP contribution in [0.3, 0.4) is 0 Å². The Bertz CT molecular complexity index is 2050. The zero-order chi connectivity index (χ0) is 34.5. The number of rotatable bonds is 10. The maximum Gasteiger partial charge on any atom is 0.137 e. The number of hydrogen-bond acceptors (Lipinski definition) is 6. The van der Waals surface area contributed by atoms with Gasteiger partial charge in [-0.05, 0) is 121 Å². The molecule has 7 rings (SSSR count). The zero-order valence-corrected chi connectivity index (χ0v) is 28.6. The molecule has 0 aliphatic carbocycles. The molecule has 0 amide bonds. The molecule has 2 heterocycles. The summed E-state index contributed by atoms with van der Waals surface area (Å²) in [7, 11) is 3.31. The zero-order valence-electron chi connectivity index (χ0n) is 28.6. The van der Waals surface area contributed by atoms with Gasteiger partial charge in [0, 0.05) is 28.9 Å². The number of anilines is 6. The molecule has 0 radical (unpaired) electrons. The molecule has 0 spiro atoms. The van der Waals surface area contributed by atoms with Gasteiger partial charge in [-0.2, -0.15) is 0 Å². The lowest BCUT2D eigenvalue weighted by Crippen LogP contribution is -2.11. The minimum absolute atomic E-state index is 0.710. The van der Waals surface area contributed by atoms with Crippen molar-refractivity contribution in [3.8, 4) is 33.8 Å². The van der Waals surface area contributed by atoms with Crippen molar-refractivity contribution in [2.24, 2.45) is 0 Å². The molecule has 6 heteroatoms. The summed E-state index contributed by atoms with van der Waals surface area (Å²) < 4.78 is 10.7. The molecule has 6 nitrogen and oxygen atoms in total. The average Bonchev–Trinajstić information content (AvgIpc) is 3.18. The van der Waals surface area contributed by atoms with E-state index in [1.807, 2.05) is 42.6 Å². The van der Waals surface area contributed by atoms with Crippen LogP contribution < -0.4 is 19.3 Å². The second-order valence-corrected chi connectivity index (χ2v) is 12.1. The fourth-order valence-electron chi connectivity index (χ4n) is 5.93. The smallest absolute Gasteiger partial charge is 0.137 e. The molecule has 50 heavy (non-hydrogen) atoms. The molecule has 5 aromatic carbocycles. The lowest BCUT2D eigenvalue weighted by molar-refractivity contribution is 0.413. The molecule has 0 fully saturated rings. The summed E-state index contributed by atoms with van der Waals surface area (Å²) in [5, 5.41) is 0. The van der Waals surface area contributed by atoms with Crippen LogP contribution in [0.1, 0.15) is 11.1 Å². The number of aromatic nitrogens is 2. The van der Waals surface area contributed by atoms with Crippen LogP contribution in [-0.2, 0) is 0 Å². The highest BCUT2D eigenvalue weighted by molar-refractivity contribution is 5.79. The van der Waals surface area contributed by atoms with Crippen molar-refractivity contribution in [1.82, 2.24) is 9.97 Å². The van der Waals surface area contributed by atoms with Gasteiger partial charge in [0.1, 0.15) is 23.1 Å². The molecule has 0 saturated carbocycles. The predicted molar refractivity (Wildman–Crippen MR) is 205 cm³/mol. The van der Waals surface area contributed by atoms with E-state index in [1.54, 1.807) is 20.4 Å². The topological polar surface area (TPSA) is 50.7 Å². The third-order valence-electron chi connectivity index (χ3n) is 8.74. The molecule has 246 valence electrons. The van der Waals surface area contributed by atoms with E-state index in [1.165, 1.54) is 5.56 Å². The maximum atomic E-state index is 5.39. The number of methoxy groups -OCH3 is 2. The van der Waals surface area contributed by atoms with Crippen LogP contribution in [0, 0.1) is 13.8 Å². The van der Waals surface area contributed by atoms with Crippen molar-refractivity contribution in [2.45, 2.75) is 13.8 Å². The van der Waals surface area contributed by atoms with E-state index in [-0.39, 0.29) is 0 Å². The molecular weight excluding hydrogens is 617 g/mol. The van der Waals surface area contributed by atoms with Gasteiger partial charge in [0.15, 0.2) is 0 Å². The van der Waals surface area contributed by atoms with E-state index < -0.39 is 0 Å². The fourth-order valence-corrected chi connectivity index (χ4v) is 5.93. The summed E-state index contributed by atoms with van der Waals surface area (Å²) >= 11 is 0. The van der Waals surface area contributed by atoms with E-state index in [2.05, 4.69) is 138 Å². The van der Waals surface area contributed by atoms with Crippen molar-refractivity contribution in [1.29, 1.82) is 0 Å². The van der Waals surface area contributed by atoms with E-state index in [4.69, 9.17) is 14.5 Å². The normalized spacial score (nSPS) is 10.8. The van der Waals surface area contributed by atoms with Crippen LogP contribution in [0.4, 0.5) is 34.4 Å². The van der Waals surface area contributed by atoms with Gasteiger partial charge in [-0.1, -0.05) is 72.3 Å². The Morgan fingerprint density at radius 3 is 1.08 bits per heavy atom. The quantitative estimate of drug-likeness (QED) is 0.146. The molecule has 2 aromatic heterocycles.